The molecule has 0 aliphatic heterocycles. The summed E-state index contributed by atoms with van der Waals surface area (Å²) >= 11 is 0. The Hall–Kier alpha value is -1.36. The van der Waals surface area contributed by atoms with E-state index < -0.39 is 0 Å². The van der Waals surface area contributed by atoms with Gasteiger partial charge in [-0.15, -0.1) is 9.24 Å². The lowest BCUT2D eigenvalue weighted by Gasteiger charge is -2.62. The van der Waals surface area contributed by atoms with Gasteiger partial charge in [-0.3, -0.25) is 9.97 Å². The quantitative estimate of drug-likeness (QED) is 0.283. The molecule has 9 aliphatic rings. The minimum atomic E-state index is -0.344. The average Bonchev–Trinajstić information content (AvgIpc) is 3.46. The largest absolute Gasteiger partial charge is 0.264 e. The van der Waals surface area contributed by atoms with Crippen molar-refractivity contribution in [2.45, 2.75) is 101 Å². The highest BCUT2D eigenvalue weighted by molar-refractivity contribution is 7.59. The number of allylic oxidation sites excluding steroid dienone is 4. The lowest BCUT2D eigenvalue weighted by Crippen LogP contribution is -2.53. The number of nitrogens with zero attached hydrogens (tertiary/aromatic N) is 2. The highest BCUT2D eigenvalue weighted by Crippen LogP contribution is 2.72. The fraction of sp³-hybridized carbons (Fsp3) is 0.659. The summed E-state index contributed by atoms with van der Waals surface area (Å²) in [6.45, 7) is 7.34. The molecule has 2 aromatic rings. The fourth-order valence-corrected chi connectivity index (χ4v) is 18.1. The van der Waals surface area contributed by atoms with E-state index in [2.05, 4.69) is 88.8 Å². The highest BCUT2D eigenvalue weighted by Gasteiger charge is 2.57. The molecule has 2 heterocycles. The highest BCUT2D eigenvalue weighted by atomic mass is 31.1. The Morgan fingerprint density at radius 3 is 1.49 bits per heavy atom. The minimum absolute atomic E-state index is 0.0876. The molecular formula is C41H54N2P2. The Labute approximate surface area is 276 Å². The van der Waals surface area contributed by atoms with Crippen molar-refractivity contribution >= 4 is 17.2 Å². The van der Waals surface area contributed by atoms with Crippen LogP contribution in [0.1, 0.15) is 96.1 Å². The molecule has 8 saturated carbocycles. The number of hydrogen-bond acceptors (Lipinski definition) is 2. The molecular weight excluding hydrogens is 582 g/mol. The van der Waals surface area contributed by atoms with Crippen LogP contribution in [0.25, 0.3) is 0 Å². The molecule has 9 aliphatic carbocycles. The van der Waals surface area contributed by atoms with Crippen molar-refractivity contribution in [1.29, 1.82) is 0 Å². The Bertz CT molecular complexity index is 1330. The van der Waals surface area contributed by atoms with Crippen molar-refractivity contribution < 1.29 is 0 Å². The first-order valence-corrected chi connectivity index (χ1v) is 20.8. The van der Waals surface area contributed by atoms with Crippen molar-refractivity contribution in [1.82, 2.24) is 9.97 Å². The Balaban J connectivity index is 1.15. The predicted octanol–water partition coefficient (Wildman–Crippen LogP) is 10.3. The van der Waals surface area contributed by atoms with Crippen LogP contribution in [0.15, 0.2) is 72.4 Å². The van der Waals surface area contributed by atoms with Crippen molar-refractivity contribution in [2.75, 3.05) is 6.16 Å². The summed E-state index contributed by atoms with van der Waals surface area (Å²) in [5.74, 6) is 8.77. The van der Waals surface area contributed by atoms with Gasteiger partial charge in [0.25, 0.3) is 0 Å². The van der Waals surface area contributed by atoms with E-state index in [1.165, 1.54) is 22.9 Å². The summed E-state index contributed by atoms with van der Waals surface area (Å²) in [5.41, 5.74) is 7.98. The van der Waals surface area contributed by atoms with E-state index in [9.17, 15) is 0 Å². The van der Waals surface area contributed by atoms with Gasteiger partial charge < -0.3 is 0 Å². The van der Waals surface area contributed by atoms with Gasteiger partial charge in [-0.2, -0.15) is 0 Å². The zero-order chi connectivity index (χ0) is 30.5. The van der Waals surface area contributed by atoms with Gasteiger partial charge in [-0.25, -0.2) is 0 Å². The van der Waals surface area contributed by atoms with Gasteiger partial charge in [0.1, 0.15) is 0 Å². The number of hydrogen-bond donors (Lipinski definition) is 0. The van der Waals surface area contributed by atoms with Crippen molar-refractivity contribution in [3.05, 3.63) is 83.5 Å². The predicted molar refractivity (Wildman–Crippen MR) is 192 cm³/mol. The summed E-state index contributed by atoms with van der Waals surface area (Å²) in [6, 6.07) is 8.85. The van der Waals surface area contributed by atoms with Gasteiger partial charge in [-0.1, -0.05) is 53.0 Å². The third-order valence-corrected chi connectivity index (χ3v) is 19.1. The van der Waals surface area contributed by atoms with Gasteiger partial charge >= 0.3 is 0 Å². The number of rotatable bonds is 7. The molecule has 45 heavy (non-hydrogen) atoms. The van der Waals surface area contributed by atoms with E-state index in [-0.39, 0.29) is 18.5 Å². The third kappa shape index (κ3) is 5.00. The molecule has 2 atom stereocenters. The molecule has 0 saturated heterocycles. The molecule has 0 amide bonds. The van der Waals surface area contributed by atoms with Crippen molar-refractivity contribution in [3.8, 4) is 0 Å². The maximum Gasteiger partial charge on any atom is 0.0621 e. The Morgan fingerprint density at radius 1 is 0.667 bits per heavy atom. The maximum absolute atomic E-state index is 4.67. The molecule has 0 aromatic carbocycles. The Morgan fingerprint density at radius 2 is 1.11 bits per heavy atom. The molecule has 2 aromatic heterocycles. The first kappa shape index (κ1) is 29.8. The monoisotopic (exact) mass is 636 g/mol. The smallest absolute Gasteiger partial charge is 0.0621 e. The standard InChI is InChI=1S/C41H54N2P2/c1-40(2,3)36-20-33(37(21-36)41(44,34-6-4-8-42-22-34)35-7-5-9-43-23-35)24-45(38-29-12-25-10-26(14-29)15-30(38)13-25)39-31-16-27-11-28(18-31)19-32(39)17-27/h4-9,20-23,25-32,36,38-39H,10-19,24,44H2,1-3H3. The second-order valence-electron chi connectivity index (χ2n) is 18.0. The Kier molecular flexibility index (Phi) is 7.33. The number of aromatic nitrogens is 2. The second-order valence-corrected chi connectivity index (χ2v) is 21.4. The zero-order valence-corrected chi connectivity index (χ0v) is 29.9. The summed E-state index contributed by atoms with van der Waals surface area (Å²) < 4.78 is 0. The fourth-order valence-electron chi connectivity index (χ4n) is 12.8. The van der Waals surface area contributed by atoms with E-state index in [1.54, 1.807) is 69.8 Å². The van der Waals surface area contributed by atoms with E-state index >= 15 is 0 Å². The van der Waals surface area contributed by atoms with Gasteiger partial charge in [-0.05, 0) is 169 Å². The third-order valence-electron chi connectivity index (χ3n) is 14.2. The van der Waals surface area contributed by atoms with Crippen LogP contribution < -0.4 is 0 Å². The van der Waals surface area contributed by atoms with Crippen LogP contribution in [-0.4, -0.2) is 27.4 Å². The molecule has 0 spiro atoms. The van der Waals surface area contributed by atoms with Crippen LogP contribution >= 0.6 is 17.2 Å². The van der Waals surface area contributed by atoms with Gasteiger partial charge in [0.2, 0.25) is 0 Å². The molecule has 2 unspecified atom stereocenters. The molecule has 0 N–H and O–H groups in total. The lowest BCUT2D eigenvalue weighted by atomic mass is 9.55. The first-order valence-electron chi connectivity index (χ1n) is 18.5. The molecule has 8 bridgehead atoms. The van der Waals surface area contributed by atoms with Crippen LogP contribution in [0.2, 0.25) is 0 Å². The average molecular weight is 637 g/mol. The normalized spacial score (nSPS) is 40.5. The zero-order valence-electron chi connectivity index (χ0n) is 27.8. The molecule has 4 heteroatoms. The SMILES string of the molecule is CC(C)(C)C1C=C(CP(C2C3CC4CC(C3)CC2C4)C2C3CC4CC(C3)CC2C4)C(C(P)(c2cccnc2)c2cccnc2)=C1. The summed E-state index contributed by atoms with van der Waals surface area (Å²) in [7, 11) is 3.29. The molecule has 2 nitrogen and oxygen atoms in total. The second kappa shape index (κ2) is 11.1. The van der Waals surface area contributed by atoms with Crippen LogP contribution in [0.5, 0.6) is 0 Å². The summed E-state index contributed by atoms with van der Waals surface area (Å²) in [6.07, 6.45) is 30.5. The first-order chi connectivity index (χ1) is 21.7. The van der Waals surface area contributed by atoms with Crippen molar-refractivity contribution in [2.24, 2.45) is 58.7 Å². The van der Waals surface area contributed by atoms with Gasteiger partial charge in [0.05, 0.1) is 5.16 Å². The topological polar surface area (TPSA) is 25.8 Å². The van der Waals surface area contributed by atoms with E-state index in [4.69, 9.17) is 0 Å². The maximum atomic E-state index is 4.67. The minimum Gasteiger partial charge on any atom is -0.264 e. The molecule has 11 rings (SSSR count). The summed E-state index contributed by atoms with van der Waals surface area (Å²) in [5, 5.41) is -0.344. The molecule has 0 radical (unpaired) electrons. The van der Waals surface area contributed by atoms with E-state index in [0.717, 1.165) is 58.7 Å². The van der Waals surface area contributed by atoms with Gasteiger partial charge in [0, 0.05) is 30.7 Å². The van der Waals surface area contributed by atoms with Crippen LogP contribution in [0, 0.1) is 58.7 Å². The van der Waals surface area contributed by atoms with E-state index in [0.29, 0.717) is 5.92 Å². The van der Waals surface area contributed by atoms with Crippen LogP contribution in [0.3, 0.4) is 0 Å². The van der Waals surface area contributed by atoms with Crippen molar-refractivity contribution in [3.63, 3.8) is 0 Å². The molecule has 8 fully saturated rings. The molecule has 238 valence electrons. The van der Waals surface area contributed by atoms with Gasteiger partial charge in [0.15, 0.2) is 0 Å². The lowest BCUT2D eigenvalue weighted by molar-refractivity contribution is 0.0131. The van der Waals surface area contributed by atoms with Crippen LogP contribution in [-0.2, 0) is 5.16 Å². The van der Waals surface area contributed by atoms with Crippen LogP contribution in [0.4, 0.5) is 0 Å². The number of pyridine rings is 2. The summed E-state index contributed by atoms with van der Waals surface area (Å²) in [4.78, 5) is 9.34. The van der Waals surface area contributed by atoms with E-state index in [1.807, 2.05) is 12.4 Å².